The summed E-state index contributed by atoms with van der Waals surface area (Å²) in [6.07, 6.45) is 3.96. The molecule has 6 nitrogen and oxygen atoms in total. The third-order valence-electron chi connectivity index (χ3n) is 4.78. The number of benzene rings is 1. The Morgan fingerprint density at radius 3 is 3.12 bits per heavy atom. The fraction of sp³-hybridized carbons (Fsp3) is 0.389. The van der Waals surface area contributed by atoms with E-state index in [4.69, 9.17) is 0 Å². The third-order valence-corrected chi connectivity index (χ3v) is 4.78. The quantitative estimate of drug-likeness (QED) is 0.903. The molecule has 0 aliphatic carbocycles. The number of hydrogen-bond donors (Lipinski definition) is 2. The van der Waals surface area contributed by atoms with Crippen LogP contribution in [-0.4, -0.2) is 27.4 Å². The average molecular weight is 324 g/mol. The molecule has 2 aromatic rings. The highest BCUT2D eigenvalue weighted by atomic mass is 16.2. The number of carbonyl (C=O) groups is 2. The fourth-order valence-electron chi connectivity index (χ4n) is 3.65. The summed E-state index contributed by atoms with van der Waals surface area (Å²) in [5.41, 5.74) is 2.74. The van der Waals surface area contributed by atoms with Crippen molar-refractivity contribution >= 4 is 17.5 Å². The zero-order chi connectivity index (χ0) is 16.7. The van der Waals surface area contributed by atoms with Gasteiger partial charge in [-0.1, -0.05) is 18.2 Å². The highest BCUT2D eigenvalue weighted by Gasteiger charge is 2.32. The van der Waals surface area contributed by atoms with Gasteiger partial charge in [-0.15, -0.1) is 0 Å². The number of anilines is 1. The van der Waals surface area contributed by atoms with Gasteiger partial charge in [0.15, 0.2) is 0 Å². The van der Waals surface area contributed by atoms with Crippen molar-refractivity contribution in [3.63, 3.8) is 0 Å². The molecule has 0 bridgehead atoms. The molecule has 0 radical (unpaired) electrons. The molecule has 2 unspecified atom stereocenters. The average Bonchev–Trinajstić information content (AvgIpc) is 3.06. The first-order valence-corrected chi connectivity index (χ1v) is 8.32. The van der Waals surface area contributed by atoms with E-state index in [1.807, 2.05) is 37.4 Å². The van der Waals surface area contributed by atoms with E-state index in [0.29, 0.717) is 0 Å². The number of para-hydroxylation sites is 1. The molecule has 2 aliphatic rings. The van der Waals surface area contributed by atoms with Crippen LogP contribution in [0.2, 0.25) is 0 Å². The van der Waals surface area contributed by atoms with Crippen LogP contribution in [0.5, 0.6) is 0 Å². The Hall–Kier alpha value is -2.63. The molecule has 24 heavy (non-hydrogen) atoms. The number of fused-ring (bicyclic) bond motifs is 2. The molecule has 0 saturated carbocycles. The van der Waals surface area contributed by atoms with E-state index in [1.165, 1.54) is 0 Å². The molecule has 4 rings (SSSR count). The Labute approximate surface area is 140 Å². The minimum atomic E-state index is -0.393. The van der Waals surface area contributed by atoms with Gasteiger partial charge in [0.2, 0.25) is 11.8 Å². The lowest BCUT2D eigenvalue weighted by molar-refractivity contribution is -0.125. The highest BCUT2D eigenvalue weighted by Crippen LogP contribution is 2.34. The summed E-state index contributed by atoms with van der Waals surface area (Å²) in [5, 5.41) is 5.92. The van der Waals surface area contributed by atoms with E-state index < -0.39 is 5.92 Å². The van der Waals surface area contributed by atoms with Gasteiger partial charge in [-0.25, -0.2) is 4.98 Å². The summed E-state index contributed by atoms with van der Waals surface area (Å²) in [4.78, 5) is 29.0. The molecular weight excluding hydrogens is 304 g/mol. The maximum absolute atomic E-state index is 12.4. The van der Waals surface area contributed by atoms with Crippen molar-refractivity contribution in [1.29, 1.82) is 0 Å². The number of amides is 2. The molecule has 1 aromatic carbocycles. The van der Waals surface area contributed by atoms with Gasteiger partial charge in [0, 0.05) is 37.3 Å². The van der Waals surface area contributed by atoms with Crippen molar-refractivity contribution < 1.29 is 9.59 Å². The van der Waals surface area contributed by atoms with Gasteiger partial charge in [0.05, 0.1) is 11.6 Å². The number of rotatable bonds is 3. The molecule has 1 aromatic heterocycles. The lowest BCUT2D eigenvalue weighted by Crippen LogP contribution is -2.41. The van der Waals surface area contributed by atoms with Crippen molar-refractivity contribution in [2.45, 2.75) is 44.7 Å². The number of aromatic nitrogens is 2. The molecule has 0 fully saturated rings. The smallest absolute Gasteiger partial charge is 0.232 e. The van der Waals surface area contributed by atoms with Gasteiger partial charge in [0.25, 0.3) is 0 Å². The zero-order valence-electron chi connectivity index (χ0n) is 13.6. The van der Waals surface area contributed by atoms with E-state index in [2.05, 4.69) is 20.2 Å². The molecule has 2 amide bonds. The van der Waals surface area contributed by atoms with Crippen molar-refractivity contribution in [2.75, 3.05) is 5.32 Å². The molecule has 6 heteroatoms. The lowest BCUT2D eigenvalue weighted by Gasteiger charge is -2.25. The summed E-state index contributed by atoms with van der Waals surface area (Å²) in [5.74, 6) is 0.526. The van der Waals surface area contributed by atoms with Crippen LogP contribution >= 0.6 is 0 Å². The third kappa shape index (κ3) is 2.68. The Balaban J connectivity index is 1.40. The number of aryl methyl sites for hydroxylation is 2. The van der Waals surface area contributed by atoms with Crippen molar-refractivity contribution in [1.82, 2.24) is 14.9 Å². The van der Waals surface area contributed by atoms with Crippen molar-refractivity contribution in [3.05, 3.63) is 47.5 Å². The summed E-state index contributed by atoms with van der Waals surface area (Å²) in [7, 11) is 0. The monoisotopic (exact) mass is 324 g/mol. The van der Waals surface area contributed by atoms with Gasteiger partial charge in [-0.2, -0.15) is 0 Å². The fourth-order valence-corrected chi connectivity index (χ4v) is 3.65. The number of imidazole rings is 1. The molecule has 2 atom stereocenters. The molecule has 124 valence electrons. The largest absolute Gasteiger partial charge is 0.352 e. The second-order valence-electron chi connectivity index (χ2n) is 6.59. The van der Waals surface area contributed by atoms with Gasteiger partial charge in [-0.05, 0) is 25.0 Å². The lowest BCUT2D eigenvalue weighted by atomic mass is 9.96. The Kier molecular flexibility index (Phi) is 3.59. The van der Waals surface area contributed by atoms with Crippen LogP contribution in [0.25, 0.3) is 0 Å². The topological polar surface area (TPSA) is 76.0 Å². The van der Waals surface area contributed by atoms with E-state index in [9.17, 15) is 9.59 Å². The first kappa shape index (κ1) is 14.9. The maximum atomic E-state index is 12.4. The molecule has 2 aliphatic heterocycles. The van der Waals surface area contributed by atoms with E-state index in [0.717, 1.165) is 42.2 Å². The van der Waals surface area contributed by atoms with Gasteiger partial charge < -0.3 is 15.2 Å². The highest BCUT2D eigenvalue weighted by molar-refractivity contribution is 6.04. The molecule has 0 saturated heterocycles. The summed E-state index contributed by atoms with van der Waals surface area (Å²) >= 11 is 0. The van der Waals surface area contributed by atoms with Gasteiger partial charge in [-0.3, -0.25) is 9.59 Å². The normalized spacial score (nSPS) is 21.8. The Morgan fingerprint density at radius 2 is 2.25 bits per heavy atom. The number of hydrogen-bond acceptors (Lipinski definition) is 3. The molecule has 2 N–H and O–H groups in total. The first-order valence-electron chi connectivity index (χ1n) is 8.32. The van der Waals surface area contributed by atoms with E-state index in [1.54, 1.807) is 0 Å². The molecule has 3 heterocycles. The van der Waals surface area contributed by atoms with Crippen molar-refractivity contribution in [3.8, 4) is 0 Å². The second-order valence-corrected chi connectivity index (χ2v) is 6.59. The first-order chi connectivity index (χ1) is 11.6. The maximum Gasteiger partial charge on any atom is 0.232 e. The van der Waals surface area contributed by atoms with E-state index >= 15 is 0 Å². The second kappa shape index (κ2) is 5.78. The van der Waals surface area contributed by atoms with Crippen LogP contribution in [0, 0.1) is 6.92 Å². The van der Waals surface area contributed by atoms with E-state index in [-0.39, 0.29) is 24.3 Å². The molecular formula is C18H20N4O2. The standard InChI is InChI=1S/C18H20N4O2/c1-11-9-22-10-12(6-7-16(22)19-11)20-17(23)8-14-13-4-2-3-5-15(13)21-18(14)24/h2-5,9,12,14H,6-8,10H2,1H3,(H,20,23)(H,21,24). The van der Waals surface area contributed by atoms with Gasteiger partial charge >= 0.3 is 0 Å². The SMILES string of the molecule is Cc1cn2c(n1)CCC(NC(=O)CC1C(=O)Nc3ccccc31)C2. The minimum Gasteiger partial charge on any atom is -0.352 e. The Bertz CT molecular complexity index is 811. The Morgan fingerprint density at radius 1 is 1.42 bits per heavy atom. The predicted octanol–water partition coefficient (Wildman–Crippen LogP) is 1.75. The van der Waals surface area contributed by atoms with Crippen LogP contribution in [-0.2, 0) is 22.6 Å². The van der Waals surface area contributed by atoms with Crippen LogP contribution in [0.1, 0.15) is 35.8 Å². The minimum absolute atomic E-state index is 0.0721. The van der Waals surface area contributed by atoms with Gasteiger partial charge in [0.1, 0.15) is 5.82 Å². The number of nitrogens with one attached hydrogen (secondary N) is 2. The van der Waals surface area contributed by atoms with Crippen molar-refractivity contribution in [2.24, 2.45) is 0 Å². The summed E-state index contributed by atoms with van der Waals surface area (Å²) in [6, 6.07) is 7.66. The van der Waals surface area contributed by atoms with Crippen LogP contribution in [0.15, 0.2) is 30.5 Å². The van der Waals surface area contributed by atoms with Crippen LogP contribution in [0.3, 0.4) is 0 Å². The van der Waals surface area contributed by atoms with Crippen LogP contribution in [0.4, 0.5) is 5.69 Å². The molecule has 0 spiro atoms. The summed E-state index contributed by atoms with van der Waals surface area (Å²) < 4.78 is 2.11. The summed E-state index contributed by atoms with van der Waals surface area (Å²) in [6.45, 7) is 2.73. The predicted molar refractivity (Wildman–Crippen MR) is 89.6 cm³/mol. The zero-order valence-corrected chi connectivity index (χ0v) is 13.6. The number of carbonyl (C=O) groups excluding carboxylic acids is 2. The number of nitrogens with zero attached hydrogens (tertiary/aromatic N) is 2. The van der Waals surface area contributed by atoms with Crippen LogP contribution < -0.4 is 10.6 Å².